The maximum atomic E-state index is 12.5. The summed E-state index contributed by atoms with van der Waals surface area (Å²) in [5.41, 5.74) is 2.75. The van der Waals surface area contributed by atoms with Gasteiger partial charge in [0.25, 0.3) is 0 Å². The first kappa shape index (κ1) is 13.1. The highest BCUT2D eigenvalue weighted by atomic mass is 16.1. The number of nitrogens with zero attached hydrogens (tertiary/aromatic N) is 2. The van der Waals surface area contributed by atoms with Gasteiger partial charge in [0.05, 0.1) is 6.42 Å². The number of carbonyl (C=O) groups excluding carboxylic acids is 1. The van der Waals surface area contributed by atoms with Crippen LogP contribution >= 0.6 is 0 Å². The first-order valence-corrected chi connectivity index (χ1v) is 7.37. The maximum absolute atomic E-state index is 12.5. The zero-order valence-corrected chi connectivity index (χ0v) is 11.9. The van der Waals surface area contributed by atoms with Gasteiger partial charge in [-0.1, -0.05) is 24.3 Å². The monoisotopic (exact) mass is 268 g/mol. The fraction of sp³-hybridized carbons (Fsp3) is 0.412. The Bertz CT molecular complexity index is 615. The molecular weight excluding hydrogens is 248 g/mol. The van der Waals surface area contributed by atoms with Crippen LogP contribution in [0.5, 0.6) is 0 Å². The average molecular weight is 268 g/mol. The van der Waals surface area contributed by atoms with Gasteiger partial charge in [-0.2, -0.15) is 0 Å². The lowest BCUT2D eigenvalue weighted by Crippen LogP contribution is -2.25. The van der Waals surface area contributed by atoms with Crippen molar-refractivity contribution in [2.75, 3.05) is 0 Å². The van der Waals surface area contributed by atoms with Gasteiger partial charge in [0, 0.05) is 24.9 Å². The SMILES string of the molecule is CCn1ccnc1CC(=O)C1CCc2ccccc2C1. The van der Waals surface area contributed by atoms with Crippen molar-refractivity contribution in [1.29, 1.82) is 0 Å². The second-order valence-electron chi connectivity index (χ2n) is 5.48. The zero-order chi connectivity index (χ0) is 13.9. The lowest BCUT2D eigenvalue weighted by Gasteiger charge is -2.23. The van der Waals surface area contributed by atoms with Gasteiger partial charge in [0.15, 0.2) is 0 Å². The Hall–Kier alpha value is -1.90. The van der Waals surface area contributed by atoms with Crippen molar-refractivity contribution >= 4 is 5.78 Å². The first-order valence-electron chi connectivity index (χ1n) is 7.37. The molecule has 3 rings (SSSR count). The number of hydrogen-bond acceptors (Lipinski definition) is 2. The summed E-state index contributed by atoms with van der Waals surface area (Å²) in [5.74, 6) is 1.39. The van der Waals surface area contributed by atoms with Crippen molar-refractivity contribution in [3.8, 4) is 0 Å². The molecule has 1 heterocycles. The Morgan fingerprint density at radius 2 is 2.15 bits per heavy atom. The smallest absolute Gasteiger partial charge is 0.143 e. The number of hydrogen-bond donors (Lipinski definition) is 0. The molecule has 1 unspecified atom stereocenters. The Balaban J connectivity index is 1.70. The highest BCUT2D eigenvalue weighted by Gasteiger charge is 2.25. The van der Waals surface area contributed by atoms with E-state index in [0.29, 0.717) is 12.2 Å². The van der Waals surface area contributed by atoms with E-state index in [9.17, 15) is 4.79 Å². The zero-order valence-electron chi connectivity index (χ0n) is 11.9. The van der Waals surface area contributed by atoms with E-state index in [1.165, 1.54) is 11.1 Å². The number of Topliss-reactive ketones (excluding diaryl/α,β-unsaturated/α-hetero) is 1. The summed E-state index contributed by atoms with van der Waals surface area (Å²) in [5, 5.41) is 0. The minimum absolute atomic E-state index is 0.159. The molecule has 0 N–H and O–H groups in total. The molecule has 0 saturated carbocycles. The molecule has 20 heavy (non-hydrogen) atoms. The van der Waals surface area contributed by atoms with Crippen molar-refractivity contribution in [3.63, 3.8) is 0 Å². The number of imidazole rings is 1. The number of fused-ring (bicyclic) bond motifs is 1. The number of carbonyl (C=O) groups is 1. The van der Waals surface area contributed by atoms with Gasteiger partial charge in [-0.3, -0.25) is 4.79 Å². The fourth-order valence-corrected chi connectivity index (χ4v) is 3.07. The fourth-order valence-electron chi connectivity index (χ4n) is 3.07. The first-order chi connectivity index (χ1) is 9.78. The molecule has 1 atom stereocenters. The van der Waals surface area contributed by atoms with E-state index in [2.05, 4.69) is 40.7 Å². The quantitative estimate of drug-likeness (QED) is 0.854. The topological polar surface area (TPSA) is 34.9 Å². The molecule has 0 aliphatic heterocycles. The molecule has 2 aromatic rings. The van der Waals surface area contributed by atoms with Crippen molar-refractivity contribution in [2.24, 2.45) is 5.92 Å². The number of aryl methyl sites for hydroxylation is 2. The van der Waals surface area contributed by atoms with Crippen LogP contribution in [0.3, 0.4) is 0 Å². The third-order valence-corrected chi connectivity index (χ3v) is 4.28. The Morgan fingerprint density at radius 3 is 2.95 bits per heavy atom. The van der Waals surface area contributed by atoms with Crippen LogP contribution in [-0.2, 0) is 30.6 Å². The van der Waals surface area contributed by atoms with Gasteiger partial charge in [-0.15, -0.1) is 0 Å². The second-order valence-corrected chi connectivity index (χ2v) is 5.48. The van der Waals surface area contributed by atoms with E-state index >= 15 is 0 Å². The standard InChI is InChI=1S/C17H20N2O/c1-2-19-10-9-18-17(19)12-16(20)15-8-7-13-5-3-4-6-14(13)11-15/h3-6,9-10,15H,2,7-8,11-12H2,1H3. The predicted molar refractivity (Wildman–Crippen MR) is 78.6 cm³/mol. The minimum Gasteiger partial charge on any atom is -0.335 e. The second kappa shape index (κ2) is 5.61. The largest absolute Gasteiger partial charge is 0.335 e. The molecular formula is C17H20N2O. The summed E-state index contributed by atoms with van der Waals surface area (Å²) in [6.45, 7) is 2.95. The summed E-state index contributed by atoms with van der Waals surface area (Å²) in [6, 6.07) is 8.48. The van der Waals surface area contributed by atoms with E-state index in [0.717, 1.165) is 31.6 Å². The Morgan fingerprint density at radius 1 is 1.35 bits per heavy atom. The van der Waals surface area contributed by atoms with E-state index < -0.39 is 0 Å². The van der Waals surface area contributed by atoms with Crippen LogP contribution in [0.2, 0.25) is 0 Å². The minimum atomic E-state index is 0.159. The third-order valence-electron chi connectivity index (χ3n) is 4.28. The van der Waals surface area contributed by atoms with Crippen LogP contribution in [-0.4, -0.2) is 15.3 Å². The molecule has 0 saturated heterocycles. The number of ketones is 1. The molecule has 1 aromatic carbocycles. The van der Waals surface area contributed by atoms with Gasteiger partial charge in [0.1, 0.15) is 11.6 Å². The van der Waals surface area contributed by atoms with E-state index in [1.807, 2.05) is 6.20 Å². The van der Waals surface area contributed by atoms with E-state index in [1.54, 1.807) is 6.20 Å². The summed E-state index contributed by atoms with van der Waals surface area (Å²) in [4.78, 5) is 16.8. The summed E-state index contributed by atoms with van der Waals surface area (Å²) >= 11 is 0. The van der Waals surface area contributed by atoms with Crippen molar-refractivity contribution in [2.45, 2.75) is 39.2 Å². The number of rotatable bonds is 4. The van der Waals surface area contributed by atoms with Crippen LogP contribution < -0.4 is 0 Å². The van der Waals surface area contributed by atoms with Gasteiger partial charge in [0.2, 0.25) is 0 Å². The molecule has 1 aliphatic rings. The molecule has 1 aromatic heterocycles. The Kier molecular flexibility index (Phi) is 3.68. The molecule has 0 fully saturated rings. The van der Waals surface area contributed by atoms with Crippen molar-refractivity contribution in [3.05, 3.63) is 53.6 Å². The molecule has 3 heteroatoms. The number of aromatic nitrogens is 2. The summed E-state index contributed by atoms with van der Waals surface area (Å²) in [6.07, 6.45) is 7.08. The van der Waals surface area contributed by atoms with Crippen molar-refractivity contribution < 1.29 is 4.79 Å². The van der Waals surface area contributed by atoms with E-state index in [4.69, 9.17) is 0 Å². The maximum Gasteiger partial charge on any atom is 0.143 e. The molecule has 0 amide bonds. The normalized spacial score (nSPS) is 17.8. The molecule has 0 spiro atoms. The molecule has 104 valence electrons. The van der Waals surface area contributed by atoms with Crippen molar-refractivity contribution in [1.82, 2.24) is 9.55 Å². The van der Waals surface area contributed by atoms with Gasteiger partial charge in [-0.25, -0.2) is 4.98 Å². The summed E-state index contributed by atoms with van der Waals surface area (Å²) < 4.78 is 2.05. The molecule has 3 nitrogen and oxygen atoms in total. The summed E-state index contributed by atoms with van der Waals surface area (Å²) in [7, 11) is 0. The lowest BCUT2D eigenvalue weighted by molar-refractivity contribution is -0.122. The lowest BCUT2D eigenvalue weighted by atomic mass is 9.81. The van der Waals surface area contributed by atoms with Crippen LogP contribution in [0.4, 0.5) is 0 Å². The number of benzene rings is 1. The van der Waals surface area contributed by atoms with Crippen LogP contribution in [0, 0.1) is 5.92 Å². The molecule has 0 bridgehead atoms. The average Bonchev–Trinajstić information content (AvgIpc) is 2.94. The Labute approximate surface area is 119 Å². The van der Waals surface area contributed by atoms with Crippen LogP contribution in [0.1, 0.15) is 30.3 Å². The van der Waals surface area contributed by atoms with Gasteiger partial charge >= 0.3 is 0 Å². The van der Waals surface area contributed by atoms with Gasteiger partial charge in [-0.05, 0) is 37.3 Å². The molecule has 0 radical (unpaired) electrons. The van der Waals surface area contributed by atoms with Gasteiger partial charge < -0.3 is 4.57 Å². The van der Waals surface area contributed by atoms with E-state index in [-0.39, 0.29) is 5.92 Å². The highest BCUT2D eigenvalue weighted by Crippen LogP contribution is 2.26. The van der Waals surface area contributed by atoms with Crippen LogP contribution in [0.25, 0.3) is 0 Å². The predicted octanol–water partition coefficient (Wildman–Crippen LogP) is 2.82. The third kappa shape index (κ3) is 2.53. The highest BCUT2D eigenvalue weighted by molar-refractivity contribution is 5.83. The molecule has 1 aliphatic carbocycles. The van der Waals surface area contributed by atoms with Crippen LogP contribution in [0.15, 0.2) is 36.7 Å².